The molecule has 0 saturated carbocycles. The number of carbonyl (C=O) groups is 3. The van der Waals surface area contributed by atoms with Gasteiger partial charge in [0.1, 0.15) is 6.04 Å². The second-order valence-corrected chi connectivity index (χ2v) is 11.0. The summed E-state index contributed by atoms with van der Waals surface area (Å²) in [5.41, 5.74) is -0.323. The quantitative estimate of drug-likeness (QED) is 0.465. The van der Waals surface area contributed by atoms with E-state index in [9.17, 15) is 19.5 Å². The van der Waals surface area contributed by atoms with E-state index in [1.165, 1.54) is 6.92 Å². The normalized spacial score (nSPS) is 21.2. The van der Waals surface area contributed by atoms with Crippen LogP contribution in [-0.2, 0) is 14.4 Å². The van der Waals surface area contributed by atoms with E-state index in [0.717, 1.165) is 25.8 Å². The fourth-order valence-corrected chi connectivity index (χ4v) is 4.01. The van der Waals surface area contributed by atoms with Gasteiger partial charge in [0, 0.05) is 11.6 Å². The molecule has 4 atom stereocenters. The number of amides is 2. The molecule has 0 aliphatic carbocycles. The van der Waals surface area contributed by atoms with Crippen LogP contribution < -0.4 is 10.6 Å². The van der Waals surface area contributed by atoms with E-state index >= 15 is 0 Å². The molecule has 0 aromatic rings. The molecule has 3 N–H and O–H groups in total. The van der Waals surface area contributed by atoms with Crippen LogP contribution in [0.4, 0.5) is 0 Å². The third-order valence-corrected chi connectivity index (χ3v) is 6.54. The average molecular weight is 452 g/mol. The van der Waals surface area contributed by atoms with Crippen molar-refractivity contribution in [3.8, 4) is 0 Å². The standard InChI is InChI=1S/C25H45N3O4/c1-15(2)18(6)28-13-11-10-12-20(28)22(29)27-21(25(7,8)9)23(30)26-19(16(3)4)14-17(5)24(31)32/h14-16,18-21H,10-13H2,1-9H3,(H,26,30)(H,27,29)(H,31,32)/b17-14+/t18?,19-,20-,21-/m1/s1. The first kappa shape index (κ1) is 28.1. The molecule has 0 aromatic carbocycles. The zero-order chi connectivity index (χ0) is 24.8. The summed E-state index contributed by atoms with van der Waals surface area (Å²) in [6.07, 6.45) is 4.44. The van der Waals surface area contributed by atoms with Crippen molar-refractivity contribution in [3.63, 3.8) is 0 Å². The van der Waals surface area contributed by atoms with Gasteiger partial charge in [0.05, 0.1) is 12.1 Å². The Kier molecular flexibility index (Phi) is 10.4. The molecule has 1 aliphatic rings. The minimum absolute atomic E-state index is 0.00490. The molecular formula is C25H45N3O4. The van der Waals surface area contributed by atoms with Gasteiger partial charge < -0.3 is 15.7 Å². The summed E-state index contributed by atoms with van der Waals surface area (Å²) >= 11 is 0. The second-order valence-electron chi connectivity index (χ2n) is 11.0. The van der Waals surface area contributed by atoms with Gasteiger partial charge in [0.25, 0.3) is 0 Å². The van der Waals surface area contributed by atoms with Gasteiger partial charge in [-0.15, -0.1) is 0 Å². The molecule has 2 amide bonds. The Morgan fingerprint density at radius 1 is 1.00 bits per heavy atom. The van der Waals surface area contributed by atoms with Gasteiger partial charge in [-0.3, -0.25) is 14.5 Å². The van der Waals surface area contributed by atoms with Crippen molar-refractivity contribution in [1.82, 2.24) is 15.5 Å². The SMILES string of the molecule is C/C(=C\[C@@H](NC(=O)[C@@H](NC(=O)[C@H]1CCCCN1C(C)C(C)C)C(C)(C)C)C(C)C)C(=O)O. The van der Waals surface area contributed by atoms with Crippen LogP contribution in [-0.4, -0.2) is 58.5 Å². The maximum atomic E-state index is 13.4. The first-order chi connectivity index (χ1) is 14.7. The Labute approximate surface area is 194 Å². The van der Waals surface area contributed by atoms with Gasteiger partial charge in [-0.05, 0) is 50.5 Å². The summed E-state index contributed by atoms with van der Waals surface area (Å²) in [6.45, 7) is 18.5. The molecule has 1 unspecified atom stereocenters. The molecule has 7 heteroatoms. The van der Waals surface area contributed by atoms with Crippen LogP contribution in [0.25, 0.3) is 0 Å². The lowest BCUT2D eigenvalue weighted by Crippen LogP contribution is -2.61. The predicted octanol–water partition coefficient (Wildman–Crippen LogP) is 3.59. The van der Waals surface area contributed by atoms with E-state index in [1.54, 1.807) is 6.08 Å². The summed E-state index contributed by atoms with van der Waals surface area (Å²) in [6, 6.07) is -1.13. The molecule has 1 heterocycles. The molecule has 184 valence electrons. The first-order valence-corrected chi connectivity index (χ1v) is 11.9. The molecule has 1 rings (SSSR count). The Bertz CT molecular complexity index is 694. The highest BCUT2D eigenvalue weighted by Gasteiger charge is 2.38. The highest BCUT2D eigenvalue weighted by Crippen LogP contribution is 2.25. The number of nitrogens with one attached hydrogen (secondary N) is 2. The number of hydrogen-bond donors (Lipinski definition) is 3. The maximum absolute atomic E-state index is 13.4. The Balaban J connectivity index is 3.07. The van der Waals surface area contributed by atoms with Gasteiger partial charge >= 0.3 is 5.97 Å². The molecule has 0 bridgehead atoms. The van der Waals surface area contributed by atoms with Crippen molar-refractivity contribution < 1.29 is 19.5 Å². The molecule has 32 heavy (non-hydrogen) atoms. The van der Waals surface area contributed by atoms with Crippen LogP contribution in [0, 0.1) is 17.3 Å². The number of aliphatic carboxylic acids is 1. The lowest BCUT2D eigenvalue weighted by atomic mass is 9.85. The average Bonchev–Trinajstić information content (AvgIpc) is 2.69. The zero-order valence-corrected chi connectivity index (χ0v) is 21.5. The summed E-state index contributed by atoms with van der Waals surface area (Å²) in [5, 5.41) is 15.2. The van der Waals surface area contributed by atoms with Crippen LogP contribution in [0.2, 0.25) is 0 Å². The number of carbonyl (C=O) groups excluding carboxylic acids is 2. The van der Waals surface area contributed by atoms with Crippen molar-refractivity contribution in [3.05, 3.63) is 11.6 Å². The summed E-state index contributed by atoms with van der Waals surface area (Å²) in [7, 11) is 0. The van der Waals surface area contributed by atoms with Gasteiger partial charge in [-0.1, -0.05) is 61.0 Å². The molecule has 0 spiro atoms. The number of likely N-dealkylation sites (tertiary alicyclic amines) is 1. The number of hydrogen-bond acceptors (Lipinski definition) is 4. The van der Waals surface area contributed by atoms with Crippen molar-refractivity contribution in [2.45, 2.75) is 106 Å². The molecule has 7 nitrogen and oxygen atoms in total. The summed E-state index contributed by atoms with van der Waals surface area (Å²) in [5.74, 6) is -0.974. The largest absolute Gasteiger partial charge is 0.478 e. The predicted molar refractivity (Wildman–Crippen MR) is 128 cm³/mol. The number of nitrogens with zero attached hydrogens (tertiary/aromatic N) is 1. The van der Waals surface area contributed by atoms with Crippen molar-refractivity contribution >= 4 is 17.8 Å². The van der Waals surface area contributed by atoms with Crippen LogP contribution >= 0.6 is 0 Å². The van der Waals surface area contributed by atoms with Crippen molar-refractivity contribution in [2.24, 2.45) is 17.3 Å². The van der Waals surface area contributed by atoms with E-state index < -0.39 is 23.5 Å². The molecule has 1 fully saturated rings. The highest BCUT2D eigenvalue weighted by atomic mass is 16.4. The minimum atomic E-state index is -1.01. The monoisotopic (exact) mass is 451 g/mol. The van der Waals surface area contributed by atoms with Crippen LogP contribution in [0.1, 0.15) is 81.6 Å². The van der Waals surface area contributed by atoms with Gasteiger partial charge in [0.15, 0.2) is 0 Å². The first-order valence-electron chi connectivity index (χ1n) is 11.9. The third-order valence-electron chi connectivity index (χ3n) is 6.54. The van der Waals surface area contributed by atoms with E-state index in [1.807, 2.05) is 34.6 Å². The van der Waals surface area contributed by atoms with E-state index in [2.05, 4.69) is 36.3 Å². The molecule has 1 saturated heterocycles. The van der Waals surface area contributed by atoms with Gasteiger partial charge in [-0.2, -0.15) is 0 Å². The summed E-state index contributed by atoms with van der Waals surface area (Å²) in [4.78, 5) is 40.2. The van der Waals surface area contributed by atoms with Crippen molar-refractivity contribution in [1.29, 1.82) is 0 Å². The second kappa shape index (κ2) is 11.8. The van der Waals surface area contributed by atoms with E-state index in [-0.39, 0.29) is 35.4 Å². The van der Waals surface area contributed by atoms with Gasteiger partial charge in [0.2, 0.25) is 11.8 Å². The number of carboxylic acids is 1. The fraction of sp³-hybridized carbons (Fsp3) is 0.800. The minimum Gasteiger partial charge on any atom is -0.478 e. The fourth-order valence-electron chi connectivity index (χ4n) is 4.01. The van der Waals surface area contributed by atoms with E-state index in [4.69, 9.17) is 0 Å². The van der Waals surface area contributed by atoms with Crippen molar-refractivity contribution in [2.75, 3.05) is 6.54 Å². The molecular weight excluding hydrogens is 406 g/mol. The van der Waals surface area contributed by atoms with Crippen LogP contribution in [0.15, 0.2) is 11.6 Å². The Morgan fingerprint density at radius 3 is 2.06 bits per heavy atom. The Hall–Kier alpha value is -1.89. The third kappa shape index (κ3) is 7.91. The van der Waals surface area contributed by atoms with Crippen LogP contribution in [0.3, 0.4) is 0 Å². The van der Waals surface area contributed by atoms with E-state index in [0.29, 0.717) is 5.92 Å². The zero-order valence-electron chi connectivity index (χ0n) is 21.5. The highest BCUT2D eigenvalue weighted by molar-refractivity contribution is 5.91. The topological polar surface area (TPSA) is 98.7 Å². The molecule has 0 radical (unpaired) electrons. The number of carboxylic acid groups (broad SMARTS) is 1. The van der Waals surface area contributed by atoms with Gasteiger partial charge in [-0.25, -0.2) is 4.79 Å². The lowest BCUT2D eigenvalue weighted by molar-refractivity contribution is -0.136. The number of rotatable bonds is 9. The number of piperidine rings is 1. The van der Waals surface area contributed by atoms with Crippen LogP contribution in [0.5, 0.6) is 0 Å². The summed E-state index contributed by atoms with van der Waals surface area (Å²) < 4.78 is 0. The lowest BCUT2D eigenvalue weighted by Gasteiger charge is -2.42. The molecule has 0 aromatic heterocycles. The Morgan fingerprint density at radius 2 is 1.59 bits per heavy atom. The molecule has 1 aliphatic heterocycles. The maximum Gasteiger partial charge on any atom is 0.331 e. The smallest absolute Gasteiger partial charge is 0.331 e.